The van der Waals surface area contributed by atoms with Crippen LogP contribution in [0.5, 0.6) is 0 Å². The molecule has 0 saturated heterocycles. The first-order valence-electron chi connectivity index (χ1n) is 6.90. The van der Waals surface area contributed by atoms with Gasteiger partial charge in [-0.05, 0) is 19.8 Å². The fourth-order valence-corrected chi connectivity index (χ4v) is 2.19. The van der Waals surface area contributed by atoms with Crippen LogP contribution in [0.25, 0.3) is 0 Å². The number of carboxylic acid groups (broad SMARTS) is 1. The van der Waals surface area contributed by atoms with Crippen molar-refractivity contribution in [3.05, 3.63) is 0 Å². The zero-order valence-electron chi connectivity index (χ0n) is 11.5. The van der Waals surface area contributed by atoms with Crippen LogP contribution in [-0.2, 0) is 4.79 Å². The molecule has 0 rings (SSSR count). The Balaban J connectivity index is 4.23. The van der Waals surface area contributed by atoms with Gasteiger partial charge in [0.2, 0.25) is 0 Å². The second-order valence-corrected chi connectivity index (χ2v) is 5.20. The Morgan fingerprint density at radius 3 is 2.18 bits per heavy atom. The van der Waals surface area contributed by atoms with Crippen molar-refractivity contribution in [2.24, 2.45) is 5.92 Å². The lowest BCUT2D eigenvalue weighted by Gasteiger charge is -2.30. The van der Waals surface area contributed by atoms with Gasteiger partial charge in [-0.25, -0.2) is 0 Å². The molecule has 0 spiro atoms. The third-order valence-corrected chi connectivity index (χ3v) is 3.43. The molecule has 0 aliphatic heterocycles. The summed E-state index contributed by atoms with van der Waals surface area (Å²) >= 11 is 0. The highest BCUT2D eigenvalue weighted by Gasteiger charge is 2.36. The number of hydrogen-bond acceptors (Lipinski definition) is 2. The Morgan fingerprint density at radius 1 is 1.12 bits per heavy atom. The largest absolute Gasteiger partial charge is 0.481 e. The molecule has 3 nitrogen and oxygen atoms in total. The number of aliphatic carboxylic acids is 1. The van der Waals surface area contributed by atoms with Crippen molar-refractivity contribution in [3.63, 3.8) is 0 Å². The van der Waals surface area contributed by atoms with Crippen molar-refractivity contribution in [3.8, 4) is 0 Å². The molecule has 0 heterocycles. The smallest absolute Gasteiger partial charge is 0.309 e. The Bertz CT molecular complexity index is 212. The Kier molecular flexibility index (Phi) is 8.23. The van der Waals surface area contributed by atoms with Crippen LogP contribution in [0, 0.1) is 5.92 Å². The van der Waals surface area contributed by atoms with Gasteiger partial charge in [0.25, 0.3) is 0 Å². The van der Waals surface area contributed by atoms with Crippen molar-refractivity contribution in [2.45, 2.75) is 77.7 Å². The monoisotopic (exact) mass is 244 g/mol. The topological polar surface area (TPSA) is 57.5 Å². The molecule has 2 atom stereocenters. The van der Waals surface area contributed by atoms with Gasteiger partial charge >= 0.3 is 5.97 Å². The molecule has 0 bridgehead atoms. The van der Waals surface area contributed by atoms with Gasteiger partial charge in [0.15, 0.2) is 0 Å². The van der Waals surface area contributed by atoms with Gasteiger partial charge in [0.05, 0.1) is 11.5 Å². The van der Waals surface area contributed by atoms with Crippen LogP contribution in [0.1, 0.15) is 72.1 Å². The minimum Gasteiger partial charge on any atom is -0.481 e. The molecule has 0 radical (unpaired) electrons. The predicted molar refractivity (Wildman–Crippen MR) is 70.0 cm³/mol. The lowest BCUT2D eigenvalue weighted by molar-refractivity contribution is -0.152. The average Bonchev–Trinajstić information content (AvgIpc) is 2.24. The second kappa shape index (κ2) is 8.51. The summed E-state index contributed by atoms with van der Waals surface area (Å²) in [5.74, 6) is -1.48. The summed E-state index contributed by atoms with van der Waals surface area (Å²) in [6.07, 6.45) is 7.30. The lowest BCUT2D eigenvalue weighted by Crippen LogP contribution is -2.39. The molecule has 0 saturated carbocycles. The van der Waals surface area contributed by atoms with E-state index < -0.39 is 17.5 Å². The van der Waals surface area contributed by atoms with Crippen molar-refractivity contribution in [1.82, 2.24) is 0 Å². The predicted octanol–water partition coefficient (Wildman–Crippen LogP) is 3.60. The quantitative estimate of drug-likeness (QED) is 0.577. The number of rotatable bonds is 10. The second-order valence-electron chi connectivity index (χ2n) is 5.20. The maximum atomic E-state index is 11.2. The van der Waals surface area contributed by atoms with Gasteiger partial charge in [0.1, 0.15) is 0 Å². The van der Waals surface area contributed by atoms with Crippen LogP contribution in [0.2, 0.25) is 0 Å². The van der Waals surface area contributed by atoms with Crippen molar-refractivity contribution < 1.29 is 15.0 Å². The number of aliphatic hydroxyl groups is 1. The van der Waals surface area contributed by atoms with Gasteiger partial charge in [0, 0.05) is 0 Å². The summed E-state index contributed by atoms with van der Waals surface area (Å²) in [6, 6.07) is 0. The zero-order valence-corrected chi connectivity index (χ0v) is 11.5. The van der Waals surface area contributed by atoms with Gasteiger partial charge < -0.3 is 10.2 Å². The molecule has 0 aliphatic rings. The number of carboxylic acids is 1. The molecule has 0 aromatic heterocycles. The molecular weight excluding hydrogens is 216 g/mol. The fraction of sp³-hybridized carbons (Fsp3) is 0.929. The minimum absolute atomic E-state index is 0.576. The van der Waals surface area contributed by atoms with E-state index in [1.165, 1.54) is 0 Å². The van der Waals surface area contributed by atoms with Crippen molar-refractivity contribution in [1.29, 1.82) is 0 Å². The maximum absolute atomic E-state index is 11.2. The van der Waals surface area contributed by atoms with E-state index in [1.807, 2.05) is 6.92 Å². The van der Waals surface area contributed by atoms with E-state index in [1.54, 1.807) is 6.92 Å². The van der Waals surface area contributed by atoms with E-state index in [0.717, 1.165) is 38.5 Å². The third kappa shape index (κ3) is 6.67. The van der Waals surface area contributed by atoms with Gasteiger partial charge in [-0.3, -0.25) is 4.79 Å². The van der Waals surface area contributed by atoms with E-state index in [-0.39, 0.29) is 0 Å². The number of unbranched alkanes of at least 4 members (excludes halogenated alkanes) is 4. The number of carbonyl (C=O) groups is 1. The third-order valence-electron chi connectivity index (χ3n) is 3.43. The van der Waals surface area contributed by atoms with E-state index >= 15 is 0 Å². The lowest BCUT2D eigenvalue weighted by atomic mass is 9.81. The van der Waals surface area contributed by atoms with E-state index in [0.29, 0.717) is 12.8 Å². The van der Waals surface area contributed by atoms with Crippen molar-refractivity contribution in [2.75, 3.05) is 0 Å². The summed E-state index contributed by atoms with van der Waals surface area (Å²) in [4.78, 5) is 11.2. The summed E-state index contributed by atoms with van der Waals surface area (Å²) in [7, 11) is 0. The molecule has 0 fully saturated rings. The van der Waals surface area contributed by atoms with E-state index in [2.05, 4.69) is 6.92 Å². The Hall–Kier alpha value is -0.570. The molecule has 2 unspecified atom stereocenters. The van der Waals surface area contributed by atoms with Gasteiger partial charge in [-0.1, -0.05) is 52.4 Å². The summed E-state index contributed by atoms with van der Waals surface area (Å²) in [5, 5.41) is 19.5. The van der Waals surface area contributed by atoms with Crippen molar-refractivity contribution >= 4 is 5.97 Å². The molecule has 0 aliphatic carbocycles. The van der Waals surface area contributed by atoms with Gasteiger partial charge in [-0.15, -0.1) is 0 Å². The minimum atomic E-state index is -1.06. The SMILES string of the molecule is CCCCCCC(C)(O)C(CCCC)C(=O)O. The summed E-state index contributed by atoms with van der Waals surface area (Å²) in [5.41, 5.74) is -1.06. The van der Waals surface area contributed by atoms with Crippen LogP contribution in [-0.4, -0.2) is 21.8 Å². The zero-order chi connectivity index (χ0) is 13.3. The first-order chi connectivity index (χ1) is 7.95. The van der Waals surface area contributed by atoms with Crippen LogP contribution in [0.3, 0.4) is 0 Å². The van der Waals surface area contributed by atoms with Gasteiger partial charge in [-0.2, -0.15) is 0 Å². The molecule has 102 valence electrons. The first-order valence-corrected chi connectivity index (χ1v) is 6.90. The highest BCUT2D eigenvalue weighted by Crippen LogP contribution is 2.28. The number of hydrogen-bond donors (Lipinski definition) is 2. The maximum Gasteiger partial charge on any atom is 0.309 e. The standard InChI is InChI=1S/C14H28O3/c1-4-6-8-9-11-14(3,17)12(13(15)16)10-7-5-2/h12,17H,4-11H2,1-3H3,(H,15,16). The molecule has 17 heavy (non-hydrogen) atoms. The normalized spacial score (nSPS) is 16.5. The highest BCUT2D eigenvalue weighted by molar-refractivity contribution is 5.71. The highest BCUT2D eigenvalue weighted by atomic mass is 16.4. The van der Waals surface area contributed by atoms with E-state index in [4.69, 9.17) is 0 Å². The fourth-order valence-electron chi connectivity index (χ4n) is 2.19. The molecular formula is C14H28O3. The Morgan fingerprint density at radius 2 is 1.71 bits per heavy atom. The Labute approximate surface area is 105 Å². The first kappa shape index (κ1) is 16.4. The summed E-state index contributed by atoms with van der Waals surface area (Å²) < 4.78 is 0. The summed E-state index contributed by atoms with van der Waals surface area (Å²) in [6.45, 7) is 5.85. The molecule has 2 N–H and O–H groups in total. The van der Waals surface area contributed by atoms with E-state index in [9.17, 15) is 15.0 Å². The molecule has 3 heteroatoms. The van der Waals surface area contributed by atoms with Crippen LogP contribution in [0.4, 0.5) is 0 Å². The molecule has 0 aromatic rings. The molecule has 0 aromatic carbocycles. The average molecular weight is 244 g/mol. The van der Waals surface area contributed by atoms with Crippen LogP contribution in [0.15, 0.2) is 0 Å². The molecule has 0 amide bonds. The van der Waals surface area contributed by atoms with Crippen LogP contribution < -0.4 is 0 Å². The van der Waals surface area contributed by atoms with Crippen LogP contribution >= 0.6 is 0 Å².